The number of halogens is 1. The Morgan fingerprint density at radius 3 is 2.24 bits per heavy atom. The van der Waals surface area contributed by atoms with E-state index in [1.165, 1.54) is 4.90 Å². The predicted octanol–water partition coefficient (Wildman–Crippen LogP) is 5.81. The zero-order valence-electron chi connectivity index (χ0n) is 19.6. The van der Waals surface area contributed by atoms with E-state index in [0.29, 0.717) is 11.5 Å². The highest BCUT2D eigenvalue weighted by Gasteiger charge is 2.24. The molecule has 1 heterocycles. The summed E-state index contributed by atoms with van der Waals surface area (Å²) in [4.78, 5) is 27.3. The first-order chi connectivity index (χ1) is 15.5. The molecule has 174 valence electrons. The van der Waals surface area contributed by atoms with E-state index < -0.39 is 0 Å². The van der Waals surface area contributed by atoms with Crippen molar-refractivity contribution in [1.82, 2.24) is 14.7 Å². The minimum absolute atomic E-state index is 0.0924. The number of hydrogen-bond donors (Lipinski definition) is 2. The Kier molecular flexibility index (Phi) is 7.58. The Labute approximate surface area is 203 Å². The quantitative estimate of drug-likeness (QED) is 0.437. The summed E-state index contributed by atoms with van der Waals surface area (Å²) in [6.07, 6.45) is 0. The zero-order chi connectivity index (χ0) is 24.2. The SMILES string of the molecule is CC(C)N(CC(=O)Nc1cc(C(C)(C)C)nn1-c1ccccc1)C(=O)Nc1ccc(Br)cc1. The van der Waals surface area contributed by atoms with Gasteiger partial charge in [0.25, 0.3) is 0 Å². The molecule has 0 saturated carbocycles. The Hall–Kier alpha value is -3.13. The Morgan fingerprint density at radius 1 is 1.03 bits per heavy atom. The molecule has 0 radical (unpaired) electrons. The molecule has 3 aromatic rings. The molecule has 0 atom stereocenters. The number of carbonyl (C=O) groups excluding carboxylic acids is 2. The second-order valence-electron chi connectivity index (χ2n) is 9.12. The number of carbonyl (C=O) groups is 2. The third-order valence-corrected chi connectivity index (χ3v) is 5.57. The van der Waals surface area contributed by atoms with Crippen LogP contribution in [-0.4, -0.2) is 39.2 Å². The van der Waals surface area contributed by atoms with Crippen LogP contribution in [0.15, 0.2) is 65.1 Å². The van der Waals surface area contributed by atoms with Crippen molar-refractivity contribution in [1.29, 1.82) is 0 Å². The van der Waals surface area contributed by atoms with Gasteiger partial charge >= 0.3 is 6.03 Å². The summed E-state index contributed by atoms with van der Waals surface area (Å²) >= 11 is 3.38. The molecule has 0 aliphatic carbocycles. The number of aromatic nitrogens is 2. The van der Waals surface area contributed by atoms with Crippen molar-refractivity contribution < 1.29 is 9.59 Å². The Balaban J connectivity index is 1.78. The maximum absolute atomic E-state index is 13.0. The van der Waals surface area contributed by atoms with Gasteiger partial charge in [0.05, 0.1) is 11.4 Å². The predicted molar refractivity (Wildman–Crippen MR) is 136 cm³/mol. The smallest absolute Gasteiger partial charge is 0.313 e. The van der Waals surface area contributed by atoms with E-state index in [1.807, 2.05) is 62.4 Å². The van der Waals surface area contributed by atoms with Crippen molar-refractivity contribution in [3.63, 3.8) is 0 Å². The third kappa shape index (κ3) is 6.44. The summed E-state index contributed by atoms with van der Waals surface area (Å²) in [6, 6.07) is 18.3. The van der Waals surface area contributed by atoms with Gasteiger partial charge in [0.2, 0.25) is 5.91 Å². The van der Waals surface area contributed by atoms with Crippen LogP contribution in [0.25, 0.3) is 5.69 Å². The van der Waals surface area contributed by atoms with Gasteiger partial charge in [-0.15, -0.1) is 0 Å². The standard InChI is InChI=1S/C25H30BrN5O2/c1-17(2)30(24(33)27-19-13-11-18(26)12-14-19)16-23(32)28-22-15-21(25(3,4)5)29-31(22)20-9-7-6-8-10-20/h6-15,17H,16H2,1-5H3,(H,27,33)(H,28,32). The van der Waals surface area contributed by atoms with Crippen molar-refractivity contribution >= 4 is 39.4 Å². The number of hydrogen-bond acceptors (Lipinski definition) is 3. The van der Waals surface area contributed by atoms with Gasteiger partial charge in [0.1, 0.15) is 12.4 Å². The van der Waals surface area contributed by atoms with Crippen LogP contribution in [0.5, 0.6) is 0 Å². The molecule has 3 rings (SSSR count). The van der Waals surface area contributed by atoms with Crippen molar-refractivity contribution in [3.05, 3.63) is 70.8 Å². The summed E-state index contributed by atoms with van der Waals surface area (Å²) < 4.78 is 2.64. The van der Waals surface area contributed by atoms with Gasteiger partial charge < -0.3 is 15.5 Å². The molecule has 0 spiro atoms. The van der Waals surface area contributed by atoms with E-state index in [4.69, 9.17) is 5.10 Å². The molecule has 1 aromatic heterocycles. The number of amides is 3. The number of anilines is 2. The highest BCUT2D eigenvalue weighted by atomic mass is 79.9. The minimum atomic E-state index is -0.338. The lowest BCUT2D eigenvalue weighted by Crippen LogP contribution is -2.44. The summed E-state index contributed by atoms with van der Waals surface area (Å²) in [5.74, 6) is 0.264. The topological polar surface area (TPSA) is 79.3 Å². The average Bonchev–Trinajstić information content (AvgIpc) is 3.18. The molecule has 0 saturated heterocycles. The van der Waals surface area contributed by atoms with Crippen LogP contribution in [0, 0.1) is 0 Å². The summed E-state index contributed by atoms with van der Waals surface area (Å²) in [5.41, 5.74) is 2.17. The van der Waals surface area contributed by atoms with E-state index >= 15 is 0 Å². The highest BCUT2D eigenvalue weighted by molar-refractivity contribution is 9.10. The lowest BCUT2D eigenvalue weighted by molar-refractivity contribution is -0.117. The van der Waals surface area contributed by atoms with E-state index in [2.05, 4.69) is 47.3 Å². The fourth-order valence-electron chi connectivity index (χ4n) is 3.16. The molecule has 0 aliphatic rings. The molecule has 33 heavy (non-hydrogen) atoms. The van der Waals surface area contributed by atoms with Gasteiger partial charge in [0.15, 0.2) is 0 Å². The zero-order valence-corrected chi connectivity index (χ0v) is 21.2. The summed E-state index contributed by atoms with van der Waals surface area (Å²) in [5, 5.41) is 10.5. The average molecular weight is 512 g/mol. The highest BCUT2D eigenvalue weighted by Crippen LogP contribution is 2.26. The number of rotatable bonds is 6. The van der Waals surface area contributed by atoms with Gasteiger partial charge in [0, 0.05) is 27.7 Å². The van der Waals surface area contributed by atoms with Gasteiger partial charge in [-0.3, -0.25) is 4.79 Å². The number of para-hydroxylation sites is 1. The van der Waals surface area contributed by atoms with Crippen LogP contribution in [-0.2, 0) is 10.2 Å². The first-order valence-corrected chi connectivity index (χ1v) is 11.6. The normalized spacial score (nSPS) is 11.4. The fourth-order valence-corrected chi connectivity index (χ4v) is 3.42. The first kappa shape index (κ1) is 24.5. The number of nitrogens with zero attached hydrogens (tertiary/aromatic N) is 3. The third-order valence-electron chi connectivity index (χ3n) is 5.04. The van der Waals surface area contributed by atoms with Crippen molar-refractivity contribution in [3.8, 4) is 5.69 Å². The molecule has 0 unspecified atom stereocenters. The van der Waals surface area contributed by atoms with Crippen LogP contribution in [0.1, 0.15) is 40.3 Å². The van der Waals surface area contributed by atoms with Gasteiger partial charge in [-0.05, 0) is 50.2 Å². The van der Waals surface area contributed by atoms with Crippen LogP contribution in [0.4, 0.5) is 16.3 Å². The molecule has 0 bridgehead atoms. The van der Waals surface area contributed by atoms with Crippen LogP contribution < -0.4 is 10.6 Å². The molecule has 8 heteroatoms. The Bertz CT molecular complexity index is 1100. The fraction of sp³-hybridized carbons (Fsp3) is 0.320. The largest absolute Gasteiger partial charge is 0.322 e. The monoisotopic (exact) mass is 511 g/mol. The lowest BCUT2D eigenvalue weighted by Gasteiger charge is -2.26. The number of benzene rings is 2. The number of nitrogens with one attached hydrogen (secondary N) is 2. The molecule has 2 N–H and O–H groups in total. The van der Waals surface area contributed by atoms with E-state index in [0.717, 1.165) is 15.9 Å². The lowest BCUT2D eigenvalue weighted by atomic mass is 9.92. The first-order valence-electron chi connectivity index (χ1n) is 10.8. The van der Waals surface area contributed by atoms with Gasteiger partial charge in [-0.1, -0.05) is 54.9 Å². The van der Waals surface area contributed by atoms with E-state index in [9.17, 15) is 9.59 Å². The van der Waals surface area contributed by atoms with Crippen LogP contribution >= 0.6 is 15.9 Å². The molecule has 0 aliphatic heterocycles. The maximum Gasteiger partial charge on any atom is 0.322 e. The molecular formula is C25H30BrN5O2. The summed E-state index contributed by atoms with van der Waals surface area (Å²) in [6.45, 7) is 9.88. The molecule has 7 nitrogen and oxygen atoms in total. The van der Waals surface area contributed by atoms with E-state index in [1.54, 1.807) is 16.8 Å². The number of urea groups is 1. The molecule has 3 amide bonds. The van der Waals surface area contributed by atoms with Crippen LogP contribution in [0.3, 0.4) is 0 Å². The van der Waals surface area contributed by atoms with Gasteiger partial charge in [-0.2, -0.15) is 5.10 Å². The molecule has 2 aromatic carbocycles. The summed E-state index contributed by atoms with van der Waals surface area (Å²) in [7, 11) is 0. The van der Waals surface area contributed by atoms with Crippen molar-refractivity contribution in [2.75, 3.05) is 17.2 Å². The molecule has 0 fully saturated rings. The Morgan fingerprint density at radius 2 is 1.67 bits per heavy atom. The van der Waals surface area contributed by atoms with E-state index in [-0.39, 0.29) is 29.9 Å². The van der Waals surface area contributed by atoms with Crippen molar-refractivity contribution in [2.24, 2.45) is 0 Å². The second-order valence-corrected chi connectivity index (χ2v) is 10.0. The van der Waals surface area contributed by atoms with Crippen LogP contribution in [0.2, 0.25) is 0 Å². The maximum atomic E-state index is 13.0. The molecular weight excluding hydrogens is 482 g/mol. The van der Waals surface area contributed by atoms with Gasteiger partial charge in [-0.25, -0.2) is 9.48 Å². The minimum Gasteiger partial charge on any atom is -0.313 e. The second kappa shape index (κ2) is 10.2. The van der Waals surface area contributed by atoms with Crippen molar-refractivity contribution in [2.45, 2.75) is 46.1 Å².